The molecule has 2 aromatic carbocycles. The molecule has 2 heteroatoms. The Morgan fingerprint density at radius 3 is 2.00 bits per heavy atom. The van der Waals surface area contributed by atoms with Crippen LogP contribution >= 0.6 is 0 Å². The van der Waals surface area contributed by atoms with E-state index in [0.29, 0.717) is 12.2 Å². The molecular weight excluding hydrogens is 380 g/mol. The van der Waals surface area contributed by atoms with Crippen LogP contribution in [0.4, 0.5) is 0 Å². The number of carbonyl (C=O) groups excluding carboxylic acids is 1. The molecule has 1 aliphatic rings. The van der Waals surface area contributed by atoms with Crippen molar-refractivity contribution in [3.05, 3.63) is 54.1 Å². The molecule has 1 aliphatic carbocycles. The van der Waals surface area contributed by atoms with Crippen molar-refractivity contribution in [1.29, 1.82) is 0 Å². The van der Waals surface area contributed by atoms with Gasteiger partial charge >= 0.3 is 5.97 Å². The Morgan fingerprint density at radius 2 is 1.39 bits per heavy atom. The third-order valence-corrected chi connectivity index (χ3v) is 6.85. The van der Waals surface area contributed by atoms with Gasteiger partial charge in [0.2, 0.25) is 0 Å². The summed E-state index contributed by atoms with van der Waals surface area (Å²) in [4.78, 5) is 12.0. The fraction of sp³-hybridized carbons (Fsp3) is 0.552. The van der Waals surface area contributed by atoms with E-state index in [4.69, 9.17) is 4.74 Å². The second-order valence-electron chi connectivity index (χ2n) is 9.29. The lowest BCUT2D eigenvalue weighted by Gasteiger charge is -2.29. The monoisotopic (exact) mass is 420 g/mol. The molecule has 0 aromatic heterocycles. The van der Waals surface area contributed by atoms with E-state index in [0.717, 1.165) is 30.2 Å². The second kappa shape index (κ2) is 12.7. The largest absolute Gasteiger partial charge is 0.427 e. The summed E-state index contributed by atoms with van der Waals surface area (Å²) in [7, 11) is 0. The van der Waals surface area contributed by atoms with Crippen LogP contribution in [0.25, 0.3) is 11.1 Å². The predicted molar refractivity (Wildman–Crippen MR) is 130 cm³/mol. The summed E-state index contributed by atoms with van der Waals surface area (Å²) in [6.45, 7) is 4.47. The van der Waals surface area contributed by atoms with Gasteiger partial charge in [0.25, 0.3) is 0 Å². The van der Waals surface area contributed by atoms with Crippen LogP contribution in [0, 0.1) is 5.92 Å². The highest BCUT2D eigenvalue weighted by Crippen LogP contribution is 2.38. The van der Waals surface area contributed by atoms with Gasteiger partial charge in [-0.1, -0.05) is 88.8 Å². The Balaban J connectivity index is 1.49. The molecule has 168 valence electrons. The first-order chi connectivity index (χ1) is 15.2. The van der Waals surface area contributed by atoms with E-state index in [9.17, 15) is 4.79 Å². The maximum Gasteiger partial charge on any atom is 0.311 e. The maximum atomic E-state index is 12.0. The van der Waals surface area contributed by atoms with Crippen LogP contribution in [-0.2, 0) is 4.79 Å². The Bertz CT molecular complexity index is 767. The molecule has 31 heavy (non-hydrogen) atoms. The predicted octanol–water partition coefficient (Wildman–Crippen LogP) is 8.69. The second-order valence-corrected chi connectivity index (χ2v) is 9.29. The van der Waals surface area contributed by atoms with E-state index in [1.54, 1.807) is 0 Å². The zero-order valence-electron chi connectivity index (χ0n) is 19.6. The fourth-order valence-corrected chi connectivity index (χ4v) is 4.82. The topological polar surface area (TPSA) is 26.3 Å². The summed E-state index contributed by atoms with van der Waals surface area (Å²) < 4.78 is 5.48. The molecule has 0 heterocycles. The highest BCUT2D eigenvalue weighted by Gasteiger charge is 2.21. The maximum absolute atomic E-state index is 12.0. The minimum absolute atomic E-state index is 0.127. The molecule has 0 spiro atoms. The van der Waals surface area contributed by atoms with Gasteiger partial charge < -0.3 is 4.74 Å². The number of ether oxygens (including phenoxy) is 1. The van der Waals surface area contributed by atoms with Gasteiger partial charge in [-0.3, -0.25) is 4.79 Å². The first kappa shape index (κ1) is 23.6. The summed E-state index contributed by atoms with van der Waals surface area (Å²) in [5.74, 6) is 2.20. The van der Waals surface area contributed by atoms with E-state index >= 15 is 0 Å². The molecule has 1 fully saturated rings. The van der Waals surface area contributed by atoms with E-state index in [1.807, 2.05) is 24.3 Å². The fourth-order valence-electron chi connectivity index (χ4n) is 4.82. The van der Waals surface area contributed by atoms with Gasteiger partial charge in [-0.25, -0.2) is 0 Å². The molecular formula is C29H40O2. The van der Waals surface area contributed by atoms with Gasteiger partial charge in [0, 0.05) is 6.42 Å². The molecule has 0 atom stereocenters. The summed E-state index contributed by atoms with van der Waals surface area (Å²) in [5.41, 5.74) is 3.88. The van der Waals surface area contributed by atoms with Crippen LogP contribution in [0.3, 0.4) is 0 Å². The Labute approximate surface area is 189 Å². The van der Waals surface area contributed by atoms with Gasteiger partial charge in [-0.05, 0) is 72.8 Å². The molecule has 0 radical (unpaired) electrons. The number of carbonyl (C=O) groups is 1. The minimum atomic E-state index is -0.127. The van der Waals surface area contributed by atoms with Crippen LogP contribution < -0.4 is 4.74 Å². The quantitative estimate of drug-likeness (QED) is 0.206. The average Bonchev–Trinajstić information content (AvgIpc) is 2.81. The molecule has 0 N–H and O–H groups in total. The SMILES string of the molecule is CCCCCCC(=O)Oc1ccc(-c2ccc(C3CCC(CCCC)CC3)cc2)cc1. The molecule has 1 saturated carbocycles. The number of rotatable bonds is 11. The van der Waals surface area contributed by atoms with E-state index in [-0.39, 0.29) is 5.97 Å². The molecule has 0 amide bonds. The minimum Gasteiger partial charge on any atom is -0.427 e. The third-order valence-electron chi connectivity index (χ3n) is 6.85. The molecule has 3 rings (SSSR count). The lowest BCUT2D eigenvalue weighted by Crippen LogP contribution is -2.13. The lowest BCUT2D eigenvalue weighted by molar-refractivity contribution is -0.134. The summed E-state index contributed by atoms with van der Waals surface area (Å²) >= 11 is 0. The third kappa shape index (κ3) is 7.52. The van der Waals surface area contributed by atoms with E-state index < -0.39 is 0 Å². The molecule has 2 nitrogen and oxygen atoms in total. The van der Waals surface area contributed by atoms with Crippen molar-refractivity contribution in [3.8, 4) is 16.9 Å². The van der Waals surface area contributed by atoms with Crippen molar-refractivity contribution in [2.24, 2.45) is 5.92 Å². The molecule has 0 saturated heterocycles. The summed E-state index contributed by atoms with van der Waals surface area (Å²) in [6, 6.07) is 17.0. The first-order valence-electron chi connectivity index (χ1n) is 12.6. The van der Waals surface area contributed by atoms with Crippen molar-refractivity contribution in [1.82, 2.24) is 0 Å². The van der Waals surface area contributed by atoms with Gasteiger partial charge in [0.1, 0.15) is 5.75 Å². The highest BCUT2D eigenvalue weighted by atomic mass is 16.5. The van der Waals surface area contributed by atoms with Crippen LogP contribution in [0.2, 0.25) is 0 Å². The zero-order valence-corrected chi connectivity index (χ0v) is 19.6. The van der Waals surface area contributed by atoms with Gasteiger partial charge in [0.15, 0.2) is 0 Å². The molecule has 0 aliphatic heterocycles. The van der Waals surface area contributed by atoms with Crippen molar-refractivity contribution in [2.45, 2.75) is 96.8 Å². The van der Waals surface area contributed by atoms with Crippen molar-refractivity contribution in [3.63, 3.8) is 0 Å². The number of hydrogen-bond donors (Lipinski definition) is 0. The Kier molecular flexibility index (Phi) is 9.65. The highest BCUT2D eigenvalue weighted by molar-refractivity contribution is 5.73. The van der Waals surface area contributed by atoms with Gasteiger partial charge in [-0.2, -0.15) is 0 Å². The molecule has 0 bridgehead atoms. The van der Waals surface area contributed by atoms with E-state index in [2.05, 4.69) is 38.1 Å². The van der Waals surface area contributed by atoms with Crippen LogP contribution in [0.1, 0.15) is 102 Å². The van der Waals surface area contributed by atoms with Crippen molar-refractivity contribution in [2.75, 3.05) is 0 Å². The number of hydrogen-bond acceptors (Lipinski definition) is 2. The Morgan fingerprint density at radius 1 is 0.774 bits per heavy atom. The standard InChI is InChI=1S/C29H40O2/c1-3-5-7-8-10-29(30)31-28-21-19-27(20-22-28)26-17-15-25(16-18-26)24-13-11-23(12-14-24)9-6-4-2/h15-24H,3-14H2,1-2H3. The molecule has 2 aromatic rings. The van der Waals surface area contributed by atoms with Crippen LogP contribution in [0.5, 0.6) is 5.75 Å². The Hall–Kier alpha value is -2.09. The first-order valence-corrected chi connectivity index (χ1v) is 12.6. The van der Waals surface area contributed by atoms with E-state index in [1.165, 1.54) is 68.9 Å². The summed E-state index contributed by atoms with van der Waals surface area (Å²) in [6.07, 6.45) is 14.5. The van der Waals surface area contributed by atoms with Gasteiger partial charge in [-0.15, -0.1) is 0 Å². The molecule has 0 unspecified atom stereocenters. The summed E-state index contributed by atoms with van der Waals surface area (Å²) in [5, 5.41) is 0. The number of unbranched alkanes of at least 4 members (excludes halogenated alkanes) is 4. The lowest BCUT2D eigenvalue weighted by atomic mass is 9.77. The van der Waals surface area contributed by atoms with Crippen LogP contribution in [0.15, 0.2) is 48.5 Å². The smallest absolute Gasteiger partial charge is 0.311 e. The van der Waals surface area contributed by atoms with Gasteiger partial charge in [0.05, 0.1) is 0 Å². The average molecular weight is 421 g/mol. The number of benzene rings is 2. The van der Waals surface area contributed by atoms with Crippen LogP contribution in [-0.4, -0.2) is 5.97 Å². The number of esters is 1. The normalized spacial score (nSPS) is 18.6. The zero-order chi connectivity index (χ0) is 21.9. The van der Waals surface area contributed by atoms with Crippen molar-refractivity contribution >= 4 is 5.97 Å². The van der Waals surface area contributed by atoms with Crippen molar-refractivity contribution < 1.29 is 9.53 Å².